The molecule has 8 heteroatoms. The van der Waals surface area contributed by atoms with Gasteiger partial charge in [-0.05, 0) is 25.3 Å². The normalized spacial score (nSPS) is 16.1. The summed E-state index contributed by atoms with van der Waals surface area (Å²) in [5, 5.41) is 21.9. The molecule has 0 unspecified atom stereocenters. The summed E-state index contributed by atoms with van der Waals surface area (Å²) in [6, 6.07) is 2.53. The predicted molar refractivity (Wildman–Crippen MR) is 64.7 cm³/mol. The highest BCUT2D eigenvalue weighted by Crippen LogP contribution is 2.32. The number of hydrogen-bond donors (Lipinski definition) is 2. The zero-order valence-corrected chi connectivity index (χ0v) is 10.3. The van der Waals surface area contributed by atoms with Gasteiger partial charge in [0.2, 0.25) is 0 Å². The van der Waals surface area contributed by atoms with Crippen molar-refractivity contribution in [3.63, 3.8) is 0 Å². The van der Waals surface area contributed by atoms with Crippen LogP contribution in [-0.2, 0) is 4.79 Å². The Bertz CT molecular complexity index is 598. The van der Waals surface area contributed by atoms with Crippen molar-refractivity contribution in [3.8, 4) is 0 Å². The standard InChI is InChI=1S/C12H11FN2O5/c13-9-3-2-7(15(19)20)6-8(9)10(16)14-12(11(17)18)4-1-5-12/h2-3,6H,1,4-5H2,(H,14,16)(H,17,18). The van der Waals surface area contributed by atoms with E-state index in [1.54, 1.807) is 0 Å². The number of benzene rings is 1. The van der Waals surface area contributed by atoms with E-state index in [-0.39, 0.29) is 12.8 Å². The summed E-state index contributed by atoms with van der Waals surface area (Å²) in [6.07, 6.45) is 1.15. The van der Waals surface area contributed by atoms with Gasteiger partial charge < -0.3 is 10.4 Å². The number of rotatable bonds is 4. The van der Waals surface area contributed by atoms with Gasteiger partial charge in [-0.25, -0.2) is 9.18 Å². The quantitative estimate of drug-likeness (QED) is 0.642. The van der Waals surface area contributed by atoms with Crippen LogP contribution in [0.4, 0.5) is 10.1 Å². The summed E-state index contributed by atoms with van der Waals surface area (Å²) in [4.78, 5) is 32.9. The number of carbonyl (C=O) groups is 2. The second-order valence-electron chi connectivity index (χ2n) is 4.62. The number of amides is 1. The van der Waals surface area contributed by atoms with Crippen LogP contribution in [0.25, 0.3) is 0 Å². The highest BCUT2D eigenvalue weighted by atomic mass is 19.1. The molecule has 1 aliphatic carbocycles. The van der Waals surface area contributed by atoms with Gasteiger partial charge in [-0.1, -0.05) is 0 Å². The van der Waals surface area contributed by atoms with Crippen molar-refractivity contribution in [2.75, 3.05) is 0 Å². The first kappa shape index (κ1) is 13.9. The molecule has 1 fully saturated rings. The van der Waals surface area contributed by atoms with Crippen molar-refractivity contribution >= 4 is 17.6 Å². The van der Waals surface area contributed by atoms with Crippen LogP contribution >= 0.6 is 0 Å². The number of nitrogens with zero attached hydrogens (tertiary/aromatic N) is 1. The molecule has 1 aromatic rings. The lowest BCUT2D eigenvalue weighted by Gasteiger charge is -2.38. The van der Waals surface area contributed by atoms with E-state index in [4.69, 9.17) is 5.11 Å². The summed E-state index contributed by atoms with van der Waals surface area (Å²) in [7, 11) is 0. The second-order valence-corrected chi connectivity index (χ2v) is 4.62. The van der Waals surface area contributed by atoms with E-state index in [1.807, 2.05) is 0 Å². The maximum atomic E-state index is 13.6. The molecule has 1 amide bonds. The SMILES string of the molecule is O=C(NC1(C(=O)O)CCC1)c1cc([N+](=O)[O-])ccc1F. The minimum absolute atomic E-state index is 0.255. The van der Waals surface area contributed by atoms with Crippen molar-refractivity contribution in [2.24, 2.45) is 0 Å². The molecule has 0 heterocycles. The van der Waals surface area contributed by atoms with Gasteiger partial charge in [-0.2, -0.15) is 0 Å². The summed E-state index contributed by atoms with van der Waals surface area (Å²) < 4.78 is 13.6. The first-order valence-corrected chi connectivity index (χ1v) is 5.85. The van der Waals surface area contributed by atoms with Gasteiger partial charge in [0, 0.05) is 12.1 Å². The second kappa shape index (κ2) is 4.87. The van der Waals surface area contributed by atoms with Gasteiger partial charge in [-0.15, -0.1) is 0 Å². The van der Waals surface area contributed by atoms with Crippen LogP contribution in [0.5, 0.6) is 0 Å². The van der Waals surface area contributed by atoms with Gasteiger partial charge in [0.1, 0.15) is 11.4 Å². The Kier molecular flexibility index (Phi) is 3.39. The summed E-state index contributed by atoms with van der Waals surface area (Å²) in [6.45, 7) is 0. The number of hydrogen-bond acceptors (Lipinski definition) is 4. The first-order valence-electron chi connectivity index (χ1n) is 5.85. The smallest absolute Gasteiger partial charge is 0.329 e. The third-order valence-electron chi connectivity index (χ3n) is 3.37. The van der Waals surface area contributed by atoms with Gasteiger partial charge >= 0.3 is 5.97 Å². The topological polar surface area (TPSA) is 110 Å². The molecule has 0 bridgehead atoms. The van der Waals surface area contributed by atoms with Crippen molar-refractivity contribution in [1.82, 2.24) is 5.32 Å². The molecule has 1 saturated carbocycles. The van der Waals surface area contributed by atoms with Crippen LogP contribution in [0, 0.1) is 15.9 Å². The number of aliphatic carboxylic acids is 1. The number of non-ortho nitro benzene ring substituents is 1. The van der Waals surface area contributed by atoms with Crippen molar-refractivity contribution in [2.45, 2.75) is 24.8 Å². The fraction of sp³-hybridized carbons (Fsp3) is 0.333. The maximum absolute atomic E-state index is 13.6. The van der Waals surface area contributed by atoms with E-state index < -0.39 is 39.4 Å². The Morgan fingerprint density at radius 3 is 2.50 bits per heavy atom. The van der Waals surface area contributed by atoms with Crippen molar-refractivity contribution in [3.05, 3.63) is 39.7 Å². The zero-order chi connectivity index (χ0) is 14.9. The van der Waals surface area contributed by atoms with Crippen LogP contribution < -0.4 is 5.32 Å². The molecule has 20 heavy (non-hydrogen) atoms. The molecule has 0 aromatic heterocycles. The molecule has 0 spiro atoms. The average Bonchev–Trinajstić information content (AvgIpc) is 2.33. The largest absolute Gasteiger partial charge is 0.480 e. The van der Waals surface area contributed by atoms with E-state index in [1.165, 1.54) is 0 Å². The van der Waals surface area contributed by atoms with Gasteiger partial charge in [0.25, 0.3) is 11.6 Å². The summed E-state index contributed by atoms with van der Waals surface area (Å²) in [5.74, 6) is -3.09. The highest BCUT2D eigenvalue weighted by Gasteiger charge is 2.46. The number of carbonyl (C=O) groups excluding carboxylic acids is 1. The Morgan fingerprint density at radius 2 is 2.05 bits per heavy atom. The Balaban J connectivity index is 2.27. The number of carboxylic acid groups (broad SMARTS) is 1. The number of nitro benzene ring substituents is 1. The molecule has 2 N–H and O–H groups in total. The van der Waals surface area contributed by atoms with Gasteiger partial charge in [0.05, 0.1) is 10.5 Å². The fourth-order valence-electron chi connectivity index (χ4n) is 2.01. The van der Waals surface area contributed by atoms with Gasteiger partial charge in [0.15, 0.2) is 0 Å². The summed E-state index contributed by atoms with van der Waals surface area (Å²) >= 11 is 0. The van der Waals surface area contributed by atoms with Crippen molar-refractivity contribution in [1.29, 1.82) is 0 Å². The third-order valence-corrected chi connectivity index (χ3v) is 3.37. The zero-order valence-electron chi connectivity index (χ0n) is 10.3. The molecule has 2 rings (SSSR count). The van der Waals surface area contributed by atoms with Crippen LogP contribution in [0.1, 0.15) is 29.6 Å². The molecular formula is C12H11FN2O5. The maximum Gasteiger partial charge on any atom is 0.329 e. The van der Waals surface area contributed by atoms with E-state index in [0.29, 0.717) is 6.42 Å². The number of halogens is 1. The lowest BCUT2D eigenvalue weighted by molar-refractivity contribution is -0.384. The molecule has 1 aromatic carbocycles. The minimum atomic E-state index is -1.39. The number of nitrogens with one attached hydrogen (secondary N) is 1. The van der Waals surface area contributed by atoms with Crippen LogP contribution in [0.15, 0.2) is 18.2 Å². The molecule has 0 atom stereocenters. The van der Waals surface area contributed by atoms with Crippen LogP contribution in [-0.4, -0.2) is 27.4 Å². The molecular weight excluding hydrogens is 271 g/mol. The van der Waals surface area contributed by atoms with Crippen LogP contribution in [0.3, 0.4) is 0 Å². The van der Waals surface area contributed by atoms with Crippen LogP contribution in [0.2, 0.25) is 0 Å². The van der Waals surface area contributed by atoms with Gasteiger partial charge in [-0.3, -0.25) is 14.9 Å². The molecule has 0 radical (unpaired) electrons. The highest BCUT2D eigenvalue weighted by molar-refractivity contribution is 5.98. The minimum Gasteiger partial charge on any atom is -0.480 e. The lowest BCUT2D eigenvalue weighted by atomic mass is 9.76. The monoisotopic (exact) mass is 282 g/mol. The Morgan fingerprint density at radius 1 is 1.40 bits per heavy atom. The molecule has 0 aliphatic heterocycles. The Labute approximate surface area is 112 Å². The lowest BCUT2D eigenvalue weighted by Crippen LogP contribution is -2.59. The first-order chi connectivity index (χ1) is 9.35. The molecule has 7 nitrogen and oxygen atoms in total. The van der Waals surface area contributed by atoms with E-state index >= 15 is 0 Å². The number of carboxylic acids is 1. The van der Waals surface area contributed by atoms with Crippen molar-refractivity contribution < 1.29 is 24.0 Å². The third kappa shape index (κ3) is 2.31. The van der Waals surface area contributed by atoms with E-state index in [9.17, 15) is 24.1 Å². The Hall–Kier alpha value is -2.51. The molecule has 1 aliphatic rings. The predicted octanol–water partition coefficient (Wildman–Crippen LogP) is 1.47. The number of nitro groups is 1. The fourth-order valence-corrected chi connectivity index (χ4v) is 2.01. The summed E-state index contributed by atoms with van der Waals surface area (Å²) in [5.41, 5.74) is -2.37. The average molecular weight is 282 g/mol. The van der Waals surface area contributed by atoms with E-state index in [2.05, 4.69) is 5.32 Å². The molecule has 106 valence electrons. The molecule has 0 saturated heterocycles. The van der Waals surface area contributed by atoms with E-state index in [0.717, 1.165) is 18.2 Å².